The lowest BCUT2D eigenvalue weighted by Gasteiger charge is -2.48. The largest absolute Gasteiger partial charge is 0.448 e. The Bertz CT molecular complexity index is 1280. The predicted octanol–water partition coefficient (Wildman–Crippen LogP) is 6.24. The summed E-state index contributed by atoms with van der Waals surface area (Å²) in [6.07, 6.45) is 6.77. The SMILES string of the molecule is CC1(N2CCCCC2)CCN(C(=O)OC[C@H]2CCC[C@@H](c3ccccc3F)N2S(=O)(=O)c2ccc(Cl)cc2)CC1. The molecule has 3 aliphatic heterocycles. The van der Waals surface area contributed by atoms with Crippen LogP contribution < -0.4 is 0 Å². The summed E-state index contributed by atoms with van der Waals surface area (Å²) in [4.78, 5) is 17.5. The lowest BCUT2D eigenvalue weighted by molar-refractivity contribution is 0.0113. The van der Waals surface area contributed by atoms with Gasteiger partial charge in [-0.05, 0) is 95.3 Å². The monoisotopic (exact) mass is 591 g/mol. The number of piperidine rings is 3. The molecule has 2 aromatic rings. The van der Waals surface area contributed by atoms with Crippen LogP contribution in [0.4, 0.5) is 9.18 Å². The second-order valence-corrected chi connectivity index (χ2v) is 13.8. The quantitative estimate of drug-likeness (QED) is 0.398. The number of nitrogens with zero attached hydrogens (tertiary/aromatic N) is 3. The van der Waals surface area contributed by atoms with Gasteiger partial charge in [-0.3, -0.25) is 4.90 Å². The molecule has 5 rings (SSSR count). The Morgan fingerprint density at radius 1 is 0.975 bits per heavy atom. The van der Waals surface area contributed by atoms with Gasteiger partial charge in [0, 0.05) is 29.2 Å². The van der Waals surface area contributed by atoms with Crippen molar-refractivity contribution < 1.29 is 22.3 Å². The second kappa shape index (κ2) is 12.3. The van der Waals surface area contributed by atoms with Crippen molar-refractivity contribution in [2.75, 3.05) is 32.8 Å². The highest BCUT2D eigenvalue weighted by molar-refractivity contribution is 7.89. The number of benzene rings is 2. The first-order valence-electron chi connectivity index (χ1n) is 14.4. The van der Waals surface area contributed by atoms with E-state index in [-0.39, 0.29) is 17.0 Å². The molecule has 7 nitrogen and oxygen atoms in total. The summed E-state index contributed by atoms with van der Waals surface area (Å²) in [7, 11) is -4.05. The second-order valence-electron chi connectivity index (χ2n) is 11.5. The fourth-order valence-electron chi connectivity index (χ4n) is 6.52. The highest BCUT2D eigenvalue weighted by Crippen LogP contribution is 2.40. The third-order valence-electron chi connectivity index (χ3n) is 8.95. The topological polar surface area (TPSA) is 70.2 Å². The molecule has 0 aliphatic carbocycles. The Hall–Kier alpha value is -2.20. The summed E-state index contributed by atoms with van der Waals surface area (Å²) in [5.74, 6) is -0.452. The van der Waals surface area contributed by atoms with Crippen molar-refractivity contribution in [3.63, 3.8) is 0 Å². The maximum absolute atomic E-state index is 14.9. The Balaban J connectivity index is 1.31. The first-order valence-corrected chi connectivity index (χ1v) is 16.2. The standard InChI is InChI=1S/C30H39ClFN3O4S/c1-30(34-18-5-2-6-19-34)16-20-33(21-17-30)29(36)39-22-24-8-7-11-28(26-9-3-4-10-27(26)32)35(24)40(37,38)25-14-12-23(31)13-15-25/h3-4,9-10,12-15,24,28H,2,5-8,11,16-22H2,1H3/t24-,28+/m1/s1. The fraction of sp³-hybridized carbons (Fsp3) is 0.567. The number of hydrogen-bond donors (Lipinski definition) is 0. The smallest absolute Gasteiger partial charge is 0.409 e. The molecular formula is C30H39ClFN3O4S. The lowest BCUT2D eigenvalue weighted by Crippen LogP contribution is -2.56. The number of sulfonamides is 1. The van der Waals surface area contributed by atoms with Crippen LogP contribution in [0, 0.1) is 5.82 Å². The van der Waals surface area contributed by atoms with Crippen LogP contribution in [0.5, 0.6) is 0 Å². The zero-order valence-electron chi connectivity index (χ0n) is 23.1. The van der Waals surface area contributed by atoms with Crippen LogP contribution in [0.2, 0.25) is 5.02 Å². The molecule has 0 bridgehead atoms. The van der Waals surface area contributed by atoms with E-state index >= 15 is 0 Å². The Labute approximate surface area is 242 Å². The molecule has 3 heterocycles. The molecule has 40 heavy (non-hydrogen) atoms. The summed E-state index contributed by atoms with van der Waals surface area (Å²) in [5, 5.41) is 0.423. The number of hydrogen-bond acceptors (Lipinski definition) is 5. The van der Waals surface area contributed by atoms with E-state index in [0.717, 1.165) is 25.9 Å². The van der Waals surface area contributed by atoms with Gasteiger partial charge in [0.2, 0.25) is 10.0 Å². The highest BCUT2D eigenvalue weighted by atomic mass is 35.5. The molecule has 0 aromatic heterocycles. The molecule has 3 aliphatic rings. The van der Waals surface area contributed by atoms with Crippen LogP contribution in [0.15, 0.2) is 53.4 Å². The van der Waals surface area contributed by atoms with Crippen LogP contribution >= 0.6 is 11.6 Å². The van der Waals surface area contributed by atoms with Crippen LogP contribution in [-0.2, 0) is 14.8 Å². The van der Waals surface area contributed by atoms with Gasteiger partial charge in [-0.2, -0.15) is 4.31 Å². The maximum Gasteiger partial charge on any atom is 0.409 e. The first kappa shape index (κ1) is 29.3. The molecule has 2 atom stereocenters. The average molecular weight is 592 g/mol. The maximum atomic E-state index is 14.9. The van der Waals surface area contributed by atoms with Gasteiger partial charge in [-0.1, -0.05) is 36.2 Å². The van der Waals surface area contributed by atoms with Gasteiger partial charge in [0.25, 0.3) is 0 Å². The Morgan fingerprint density at radius 2 is 1.65 bits per heavy atom. The highest BCUT2D eigenvalue weighted by Gasteiger charge is 2.43. The van der Waals surface area contributed by atoms with Crippen molar-refractivity contribution in [2.24, 2.45) is 0 Å². The zero-order chi connectivity index (χ0) is 28.3. The fourth-order valence-corrected chi connectivity index (χ4v) is 8.48. The van der Waals surface area contributed by atoms with Crippen molar-refractivity contribution in [1.82, 2.24) is 14.1 Å². The number of halogens is 2. The van der Waals surface area contributed by atoms with Gasteiger partial charge in [0.15, 0.2) is 0 Å². The van der Waals surface area contributed by atoms with Crippen molar-refractivity contribution in [3.05, 3.63) is 64.9 Å². The van der Waals surface area contributed by atoms with Crippen molar-refractivity contribution in [3.8, 4) is 0 Å². The minimum absolute atomic E-state index is 0.0736. The molecule has 10 heteroatoms. The average Bonchev–Trinajstić information content (AvgIpc) is 2.97. The van der Waals surface area contributed by atoms with Crippen LogP contribution in [-0.4, -0.2) is 73.0 Å². The third-order valence-corrected chi connectivity index (χ3v) is 11.2. The molecular weight excluding hydrogens is 553 g/mol. The van der Waals surface area contributed by atoms with Crippen LogP contribution in [0.25, 0.3) is 0 Å². The van der Waals surface area contributed by atoms with Gasteiger partial charge in [0.1, 0.15) is 12.4 Å². The molecule has 1 amide bonds. The van der Waals surface area contributed by atoms with Gasteiger partial charge >= 0.3 is 6.09 Å². The summed E-state index contributed by atoms with van der Waals surface area (Å²) in [6.45, 7) is 5.66. The third kappa shape index (κ3) is 6.17. The molecule has 0 radical (unpaired) electrons. The molecule has 218 valence electrons. The minimum atomic E-state index is -4.05. The molecule has 0 unspecified atom stereocenters. The minimum Gasteiger partial charge on any atom is -0.448 e. The number of rotatable bonds is 6. The van der Waals surface area contributed by atoms with E-state index in [1.54, 1.807) is 23.1 Å². The van der Waals surface area contributed by atoms with Crippen LogP contribution in [0.1, 0.15) is 69.9 Å². The number of ether oxygens (including phenoxy) is 1. The summed E-state index contributed by atoms with van der Waals surface area (Å²) >= 11 is 6.02. The molecule has 2 aromatic carbocycles. The molecule has 0 N–H and O–H groups in total. The number of carbonyl (C=O) groups excluding carboxylic acids is 1. The van der Waals surface area contributed by atoms with E-state index in [1.807, 2.05) is 0 Å². The first-order chi connectivity index (χ1) is 19.2. The number of likely N-dealkylation sites (tertiary alicyclic amines) is 2. The van der Waals surface area contributed by atoms with E-state index in [1.165, 1.54) is 53.9 Å². The number of carbonyl (C=O) groups is 1. The van der Waals surface area contributed by atoms with Crippen molar-refractivity contribution in [2.45, 2.75) is 80.8 Å². The van der Waals surface area contributed by atoms with E-state index in [9.17, 15) is 17.6 Å². The van der Waals surface area contributed by atoms with Gasteiger partial charge in [-0.25, -0.2) is 17.6 Å². The van der Waals surface area contributed by atoms with Crippen molar-refractivity contribution in [1.29, 1.82) is 0 Å². The lowest BCUT2D eigenvalue weighted by atomic mass is 9.86. The van der Waals surface area contributed by atoms with Crippen LogP contribution in [0.3, 0.4) is 0 Å². The molecule has 3 saturated heterocycles. The Kier molecular flexibility index (Phi) is 9.05. The van der Waals surface area contributed by atoms with Gasteiger partial charge in [-0.15, -0.1) is 0 Å². The van der Waals surface area contributed by atoms with Gasteiger partial charge < -0.3 is 9.64 Å². The molecule has 0 saturated carbocycles. The summed E-state index contributed by atoms with van der Waals surface area (Å²) in [5.41, 5.74) is 0.417. The Morgan fingerprint density at radius 3 is 2.33 bits per heavy atom. The van der Waals surface area contributed by atoms with Crippen molar-refractivity contribution >= 4 is 27.7 Å². The zero-order valence-corrected chi connectivity index (χ0v) is 24.7. The van der Waals surface area contributed by atoms with E-state index in [0.29, 0.717) is 42.9 Å². The summed E-state index contributed by atoms with van der Waals surface area (Å²) < 4.78 is 50.0. The van der Waals surface area contributed by atoms with E-state index < -0.39 is 34.0 Å². The normalized spacial score (nSPS) is 24.5. The molecule has 0 spiro atoms. The summed E-state index contributed by atoms with van der Waals surface area (Å²) in [6, 6.07) is 10.9. The number of amides is 1. The predicted molar refractivity (Wildman–Crippen MR) is 153 cm³/mol. The van der Waals surface area contributed by atoms with E-state index in [2.05, 4.69) is 11.8 Å². The van der Waals surface area contributed by atoms with Gasteiger partial charge in [0.05, 0.1) is 17.0 Å². The molecule has 3 fully saturated rings. The van der Waals surface area contributed by atoms with E-state index in [4.69, 9.17) is 16.3 Å².